The number of thiocarbonyl (C=S) groups is 1. The van der Waals surface area contributed by atoms with Crippen LogP contribution in [0.2, 0.25) is 5.02 Å². The van der Waals surface area contributed by atoms with Crippen molar-refractivity contribution in [2.45, 2.75) is 6.61 Å². The van der Waals surface area contributed by atoms with E-state index < -0.39 is 5.97 Å². The van der Waals surface area contributed by atoms with Gasteiger partial charge in [0.2, 0.25) is 0 Å². The predicted molar refractivity (Wildman–Crippen MR) is 143 cm³/mol. The molecular weight excluding hydrogens is 552 g/mol. The van der Waals surface area contributed by atoms with Crippen molar-refractivity contribution in [3.05, 3.63) is 99.1 Å². The summed E-state index contributed by atoms with van der Waals surface area (Å²) < 4.78 is 11.7. The zero-order valence-electron chi connectivity index (χ0n) is 18.6. The minimum atomic E-state index is -0.529. The molecule has 4 rings (SSSR count). The van der Waals surface area contributed by atoms with Crippen LogP contribution in [0, 0.1) is 0 Å². The molecule has 1 fully saturated rings. The van der Waals surface area contributed by atoms with Gasteiger partial charge < -0.3 is 14.4 Å². The van der Waals surface area contributed by atoms with Crippen LogP contribution in [0.1, 0.15) is 11.1 Å². The first-order chi connectivity index (χ1) is 16.9. The second-order valence-corrected chi connectivity index (χ2v) is 9.27. The fraction of sp³-hybridized carbons (Fsp3) is 0.115. The highest BCUT2D eigenvalue weighted by Crippen LogP contribution is 2.33. The average Bonchev–Trinajstić information content (AvgIpc) is 3.08. The molecule has 0 atom stereocenters. The van der Waals surface area contributed by atoms with Crippen molar-refractivity contribution in [2.75, 3.05) is 18.6 Å². The van der Waals surface area contributed by atoms with Gasteiger partial charge in [-0.2, -0.15) is 0 Å². The zero-order chi connectivity index (χ0) is 24.9. The van der Waals surface area contributed by atoms with Crippen molar-refractivity contribution in [3.63, 3.8) is 0 Å². The van der Waals surface area contributed by atoms with Crippen molar-refractivity contribution in [2.24, 2.45) is 0 Å². The molecule has 1 amide bonds. The van der Waals surface area contributed by atoms with E-state index in [0.29, 0.717) is 28.6 Å². The lowest BCUT2D eigenvalue weighted by Gasteiger charge is -2.19. The number of methoxy groups -OCH3 is 1. The van der Waals surface area contributed by atoms with Gasteiger partial charge in [0.25, 0.3) is 5.91 Å². The Labute approximate surface area is 221 Å². The first-order valence-corrected chi connectivity index (χ1v) is 12.1. The van der Waals surface area contributed by atoms with Gasteiger partial charge in [-0.3, -0.25) is 14.5 Å². The van der Waals surface area contributed by atoms with Gasteiger partial charge in [-0.25, -0.2) is 0 Å². The van der Waals surface area contributed by atoms with Crippen LogP contribution in [-0.2, 0) is 20.9 Å². The van der Waals surface area contributed by atoms with Crippen LogP contribution < -0.4 is 9.64 Å². The van der Waals surface area contributed by atoms with E-state index in [4.69, 9.17) is 33.3 Å². The number of nitrogens with zero attached hydrogens (tertiary/aromatic N) is 2. The molecule has 3 aromatic carbocycles. The highest BCUT2D eigenvalue weighted by atomic mass is 79.9. The van der Waals surface area contributed by atoms with Gasteiger partial charge in [-0.1, -0.05) is 57.9 Å². The molecule has 9 heteroatoms. The summed E-state index contributed by atoms with van der Waals surface area (Å²) in [6.45, 7) is 0.138. The maximum Gasteiger partial charge on any atom is 0.325 e. The van der Waals surface area contributed by atoms with E-state index in [2.05, 4.69) is 15.9 Å². The second kappa shape index (κ2) is 11.0. The van der Waals surface area contributed by atoms with Crippen molar-refractivity contribution < 1.29 is 19.1 Å². The van der Waals surface area contributed by atoms with E-state index >= 15 is 0 Å². The molecule has 0 N–H and O–H groups in total. The van der Waals surface area contributed by atoms with Crippen molar-refractivity contribution in [3.8, 4) is 5.75 Å². The first kappa shape index (κ1) is 24.9. The largest absolute Gasteiger partial charge is 0.488 e. The third-order valence-corrected chi connectivity index (χ3v) is 6.38. The van der Waals surface area contributed by atoms with E-state index in [1.807, 2.05) is 48.5 Å². The molecule has 0 unspecified atom stereocenters. The lowest BCUT2D eigenvalue weighted by molar-refractivity contribution is -0.140. The lowest BCUT2D eigenvalue weighted by atomic mass is 10.1. The summed E-state index contributed by atoms with van der Waals surface area (Å²) in [7, 11) is 1.29. The van der Waals surface area contributed by atoms with Gasteiger partial charge in [-0.05, 0) is 66.3 Å². The SMILES string of the molecule is COC(=O)CN1C(=S)N(c2ccc(Cl)cc2)C(=O)/C1=C/c1cc(Br)ccc1OCc1ccccc1. The Kier molecular flexibility index (Phi) is 7.85. The standard InChI is InChI=1S/C26H20BrClN2O4S/c1-33-24(31)15-29-22(25(32)30(26(29)35)21-10-8-20(28)9-11-21)14-18-13-19(27)7-12-23(18)34-16-17-5-3-2-4-6-17/h2-14H,15-16H2,1H3/b22-14-. The van der Waals surface area contributed by atoms with Crippen LogP contribution in [-0.4, -0.2) is 35.5 Å². The van der Waals surface area contributed by atoms with E-state index in [1.165, 1.54) is 16.9 Å². The Hall–Kier alpha value is -3.20. The number of anilines is 1. The molecule has 0 saturated carbocycles. The summed E-state index contributed by atoms with van der Waals surface area (Å²) >= 11 is 15.1. The Bertz CT molecular complexity index is 1300. The predicted octanol–water partition coefficient (Wildman–Crippen LogP) is 5.83. The summed E-state index contributed by atoms with van der Waals surface area (Å²) in [5.74, 6) is -0.333. The molecule has 1 heterocycles. The van der Waals surface area contributed by atoms with Crippen LogP contribution in [0.15, 0.2) is 83.0 Å². The number of halogens is 2. The fourth-order valence-corrected chi connectivity index (χ4v) is 4.35. The minimum Gasteiger partial charge on any atom is -0.488 e. The molecule has 0 bridgehead atoms. The van der Waals surface area contributed by atoms with E-state index in [1.54, 1.807) is 30.3 Å². The van der Waals surface area contributed by atoms with Gasteiger partial charge in [0.15, 0.2) is 5.11 Å². The third-order valence-electron chi connectivity index (χ3n) is 5.24. The Balaban J connectivity index is 1.73. The minimum absolute atomic E-state index is 0.163. The van der Waals surface area contributed by atoms with E-state index in [0.717, 1.165) is 10.0 Å². The van der Waals surface area contributed by atoms with Gasteiger partial charge in [0.05, 0.1) is 12.8 Å². The summed E-state index contributed by atoms with van der Waals surface area (Å²) in [5, 5.41) is 0.693. The number of amides is 1. The monoisotopic (exact) mass is 570 g/mol. The normalized spacial score (nSPS) is 14.5. The van der Waals surface area contributed by atoms with Crippen LogP contribution in [0.4, 0.5) is 5.69 Å². The van der Waals surface area contributed by atoms with Crippen LogP contribution in [0.5, 0.6) is 5.75 Å². The van der Waals surface area contributed by atoms with Gasteiger partial charge in [-0.15, -0.1) is 0 Å². The number of benzene rings is 3. The number of esters is 1. The van der Waals surface area contributed by atoms with Gasteiger partial charge in [0, 0.05) is 15.1 Å². The number of ether oxygens (including phenoxy) is 2. The Morgan fingerprint density at radius 1 is 1.09 bits per heavy atom. The first-order valence-electron chi connectivity index (χ1n) is 10.5. The molecule has 178 valence electrons. The molecule has 35 heavy (non-hydrogen) atoms. The topological polar surface area (TPSA) is 59.1 Å². The average molecular weight is 572 g/mol. The van der Waals surface area contributed by atoms with Crippen LogP contribution >= 0.6 is 39.7 Å². The van der Waals surface area contributed by atoms with Gasteiger partial charge in [0.1, 0.15) is 24.6 Å². The summed E-state index contributed by atoms with van der Waals surface area (Å²) in [4.78, 5) is 28.5. The van der Waals surface area contributed by atoms with Gasteiger partial charge >= 0.3 is 5.97 Å². The number of hydrogen-bond donors (Lipinski definition) is 0. The highest BCUT2D eigenvalue weighted by Gasteiger charge is 2.40. The number of carbonyl (C=O) groups excluding carboxylic acids is 2. The van der Waals surface area contributed by atoms with E-state index in [-0.39, 0.29) is 23.3 Å². The molecule has 6 nitrogen and oxygen atoms in total. The van der Waals surface area contributed by atoms with Crippen LogP contribution in [0.25, 0.3) is 6.08 Å². The third kappa shape index (κ3) is 5.73. The molecule has 1 aliphatic rings. The second-order valence-electron chi connectivity index (χ2n) is 7.55. The zero-order valence-corrected chi connectivity index (χ0v) is 21.8. The number of hydrogen-bond acceptors (Lipinski definition) is 5. The van der Waals surface area contributed by atoms with E-state index in [9.17, 15) is 9.59 Å². The van der Waals surface area contributed by atoms with Crippen molar-refractivity contribution >= 4 is 68.5 Å². The summed E-state index contributed by atoms with van der Waals surface area (Å²) in [6, 6.07) is 22.0. The van der Waals surface area contributed by atoms with Crippen LogP contribution in [0.3, 0.4) is 0 Å². The van der Waals surface area contributed by atoms with Crippen molar-refractivity contribution in [1.29, 1.82) is 0 Å². The highest BCUT2D eigenvalue weighted by molar-refractivity contribution is 9.10. The summed E-state index contributed by atoms with van der Waals surface area (Å²) in [6.07, 6.45) is 1.67. The smallest absolute Gasteiger partial charge is 0.325 e. The molecular formula is C26H20BrClN2O4S. The molecule has 1 aliphatic heterocycles. The molecule has 0 spiro atoms. The maximum atomic E-state index is 13.6. The molecule has 0 radical (unpaired) electrons. The molecule has 0 aliphatic carbocycles. The summed E-state index contributed by atoms with van der Waals surface area (Å²) in [5.41, 5.74) is 2.41. The number of carbonyl (C=O) groups is 2. The fourth-order valence-electron chi connectivity index (χ4n) is 3.49. The number of rotatable bonds is 7. The maximum absolute atomic E-state index is 13.6. The van der Waals surface area contributed by atoms with Crippen molar-refractivity contribution in [1.82, 2.24) is 4.90 Å². The lowest BCUT2D eigenvalue weighted by Crippen LogP contribution is -2.35. The Morgan fingerprint density at radius 3 is 2.49 bits per heavy atom. The quantitative estimate of drug-likeness (QED) is 0.202. The molecule has 3 aromatic rings. The Morgan fingerprint density at radius 2 is 1.80 bits per heavy atom. The molecule has 0 aromatic heterocycles. The molecule has 1 saturated heterocycles.